The van der Waals surface area contributed by atoms with Gasteiger partial charge in [-0.05, 0) is 60.3 Å². The lowest BCUT2D eigenvalue weighted by Crippen LogP contribution is -2.27. The van der Waals surface area contributed by atoms with Crippen molar-refractivity contribution in [2.24, 2.45) is 0 Å². The summed E-state index contributed by atoms with van der Waals surface area (Å²) in [4.78, 5) is 2.55. The van der Waals surface area contributed by atoms with Gasteiger partial charge in [-0.25, -0.2) is 0 Å². The van der Waals surface area contributed by atoms with Crippen molar-refractivity contribution >= 4 is 13.9 Å². The molecule has 0 amide bonds. The van der Waals surface area contributed by atoms with Crippen LogP contribution < -0.4 is 5.30 Å². The molecule has 198 valence electrons. The minimum atomic E-state index is -0.125. The second kappa shape index (κ2) is 12.7. The Morgan fingerprint density at radius 2 is 1.34 bits per heavy atom. The monoisotopic (exact) mass is 523 g/mol. The van der Waals surface area contributed by atoms with Crippen LogP contribution in [0.2, 0.25) is 0 Å². The second-order valence-corrected chi connectivity index (χ2v) is 12.8. The van der Waals surface area contributed by atoms with Gasteiger partial charge in [0.2, 0.25) is 0 Å². The fourth-order valence-electron chi connectivity index (χ4n) is 5.55. The quantitative estimate of drug-likeness (QED) is 0.199. The summed E-state index contributed by atoms with van der Waals surface area (Å²) in [5, 5.41) is 12.5. The van der Waals surface area contributed by atoms with Gasteiger partial charge in [-0.2, -0.15) is 0 Å². The van der Waals surface area contributed by atoms with Gasteiger partial charge in [0.25, 0.3) is 0 Å². The lowest BCUT2D eigenvalue weighted by Gasteiger charge is -2.34. The molecule has 0 radical (unpaired) electrons. The molecule has 3 heteroatoms. The van der Waals surface area contributed by atoms with Crippen molar-refractivity contribution in [2.45, 2.75) is 72.3 Å². The molecule has 4 aromatic rings. The first-order chi connectivity index (χ1) is 18.3. The molecule has 4 aromatic carbocycles. The number of phenols is 1. The standard InChI is InChI=1S/C35H42NOP/c1-6-20-35(5,32-22-26(2)21-28(4)33(32)37)38-34-27(3)14-13-19-31(34)25-36(23-29-15-9-7-10-16-29)24-30-17-11-8-12-18-30/h7-19,21-22,37-38H,6,20,23-25H2,1-5H3. The molecule has 0 aliphatic rings. The molecule has 38 heavy (non-hydrogen) atoms. The van der Waals surface area contributed by atoms with Crippen molar-refractivity contribution in [3.8, 4) is 5.75 Å². The SMILES string of the molecule is CCCC(C)(Pc1c(C)cccc1CN(Cc1ccccc1)Cc1ccccc1)c1cc(C)cc(C)c1O. The molecule has 0 aliphatic carbocycles. The van der Waals surface area contributed by atoms with E-state index in [-0.39, 0.29) is 5.16 Å². The molecule has 0 saturated heterocycles. The maximum atomic E-state index is 11.2. The van der Waals surface area contributed by atoms with Crippen LogP contribution in [0.1, 0.15) is 65.6 Å². The van der Waals surface area contributed by atoms with Crippen LogP contribution in [0.4, 0.5) is 0 Å². The van der Waals surface area contributed by atoms with Crippen LogP contribution in [0, 0.1) is 20.8 Å². The van der Waals surface area contributed by atoms with E-state index >= 15 is 0 Å². The summed E-state index contributed by atoms with van der Waals surface area (Å²) in [6.45, 7) is 13.7. The molecule has 0 heterocycles. The van der Waals surface area contributed by atoms with Crippen molar-refractivity contribution < 1.29 is 5.11 Å². The maximum absolute atomic E-state index is 11.2. The van der Waals surface area contributed by atoms with Gasteiger partial charge < -0.3 is 5.11 Å². The Morgan fingerprint density at radius 3 is 1.92 bits per heavy atom. The predicted molar refractivity (Wildman–Crippen MR) is 165 cm³/mol. The first kappa shape index (κ1) is 28.1. The van der Waals surface area contributed by atoms with E-state index in [2.05, 4.69) is 124 Å². The van der Waals surface area contributed by atoms with Gasteiger partial charge in [-0.1, -0.05) is 125 Å². The molecule has 0 aliphatic heterocycles. The number of aryl methyl sites for hydroxylation is 3. The number of benzene rings is 4. The summed E-state index contributed by atoms with van der Waals surface area (Å²) in [5.41, 5.74) is 8.66. The Bertz CT molecular complexity index is 1290. The van der Waals surface area contributed by atoms with E-state index in [0.29, 0.717) is 14.3 Å². The van der Waals surface area contributed by atoms with E-state index in [1.165, 1.54) is 33.1 Å². The zero-order chi connectivity index (χ0) is 27.1. The third kappa shape index (κ3) is 6.93. The van der Waals surface area contributed by atoms with Crippen LogP contribution >= 0.6 is 8.58 Å². The number of nitrogens with zero attached hydrogens (tertiary/aromatic N) is 1. The van der Waals surface area contributed by atoms with E-state index < -0.39 is 0 Å². The number of rotatable bonds is 11. The minimum absolute atomic E-state index is 0.125. The summed E-state index contributed by atoms with van der Waals surface area (Å²) in [6.07, 6.45) is 2.11. The summed E-state index contributed by atoms with van der Waals surface area (Å²) < 4.78 is 0. The summed E-state index contributed by atoms with van der Waals surface area (Å²) in [5.74, 6) is 0.462. The van der Waals surface area contributed by atoms with Gasteiger partial charge in [-0.3, -0.25) is 4.90 Å². The van der Waals surface area contributed by atoms with Gasteiger partial charge >= 0.3 is 0 Å². The first-order valence-corrected chi connectivity index (χ1v) is 14.8. The van der Waals surface area contributed by atoms with Gasteiger partial charge in [-0.15, -0.1) is 0 Å². The van der Waals surface area contributed by atoms with Gasteiger partial charge in [0.05, 0.1) is 0 Å². The highest BCUT2D eigenvalue weighted by atomic mass is 31.1. The largest absolute Gasteiger partial charge is 0.507 e. The second-order valence-electron chi connectivity index (χ2n) is 10.9. The van der Waals surface area contributed by atoms with E-state index in [4.69, 9.17) is 0 Å². The molecule has 0 fully saturated rings. The topological polar surface area (TPSA) is 23.5 Å². The Labute approximate surface area is 231 Å². The number of aromatic hydroxyl groups is 1. The molecule has 0 aromatic heterocycles. The van der Waals surface area contributed by atoms with Crippen LogP contribution in [0.15, 0.2) is 91.0 Å². The van der Waals surface area contributed by atoms with Crippen LogP contribution in [0.3, 0.4) is 0 Å². The summed E-state index contributed by atoms with van der Waals surface area (Å²) in [6, 6.07) is 32.6. The van der Waals surface area contributed by atoms with Gasteiger partial charge in [0.15, 0.2) is 0 Å². The molecule has 0 bridgehead atoms. The lowest BCUT2D eigenvalue weighted by molar-refractivity contribution is 0.248. The molecule has 2 atom stereocenters. The molecule has 0 saturated carbocycles. The van der Waals surface area contributed by atoms with E-state index in [0.717, 1.165) is 43.6 Å². The van der Waals surface area contributed by atoms with Crippen LogP contribution in [0.5, 0.6) is 5.75 Å². The molecular formula is C35H42NOP. The Balaban J connectivity index is 1.71. The zero-order valence-electron chi connectivity index (χ0n) is 23.6. The van der Waals surface area contributed by atoms with Gasteiger partial charge in [0.1, 0.15) is 5.75 Å². The molecular weight excluding hydrogens is 481 g/mol. The summed E-state index contributed by atoms with van der Waals surface area (Å²) >= 11 is 0. The average Bonchev–Trinajstić information content (AvgIpc) is 2.89. The van der Waals surface area contributed by atoms with Gasteiger partial charge in [0, 0.05) is 30.4 Å². The van der Waals surface area contributed by atoms with Crippen molar-refractivity contribution in [1.29, 1.82) is 0 Å². The lowest BCUT2D eigenvalue weighted by atomic mass is 9.91. The summed E-state index contributed by atoms with van der Waals surface area (Å²) in [7, 11) is 0.568. The third-order valence-corrected chi connectivity index (χ3v) is 9.48. The molecule has 2 nitrogen and oxygen atoms in total. The average molecular weight is 524 g/mol. The highest BCUT2D eigenvalue weighted by Gasteiger charge is 2.31. The smallest absolute Gasteiger partial charge is 0.122 e. The molecule has 2 unspecified atom stereocenters. The number of phenolic OH excluding ortho intramolecular Hbond substituents is 1. The molecule has 0 spiro atoms. The normalized spacial score (nSPS) is 13.3. The van der Waals surface area contributed by atoms with E-state index in [9.17, 15) is 5.11 Å². The van der Waals surface area contributed by atoms with Crippen molar-refractivity contribution in [1.82, 2.24) is 4.90 Å². The molecule has 1 N–H and O–H groups in total. The third-order valence-electron chi connectivity index (χ3n) is 7.44. The van der Waals surface area contributed by atoms with Crippen molar-refractivity contribution in [3.63, 3.8) is 0 Å². The maximum Gasteiger partial charge on any atom is 0.122 e. The highest BCUT2D eigenvalue weighted by molar-refractivity contribution is 7.48. The Morgan fingerprint density at radius 1 is 0.737 bits per heavy atom. The highest BCUT2D eigenvalue weighted by Crippen LogP contribution is 2.49. The number of hydrogen-bond acceptors (Lipinski definition) is 2. The Kier molecular flexibility index (Phi) is 9.42. The first-order valence-electron chi connectivity index (χ1n) is 13.8. The van der Waals surface area contributed by atoms with Crippen LogP contribution in [-0.4, -0.2) is 10.0 Å². The zero-order valence-corrected chi connectivity index (χ0v) is 24.6. The Hall–Kier alpha value is -2.93. The van der Waals surface area contributed by atoms with E-state index in [1.807, 2.05) is 6.92 Å². The minimum Gasteiger partial charge on any atom is -0.507 e. The fourth-order valence-corrected chi connectivity index (χ4v) is 7.41. The van der Waals surface area contributed by atoms with Crippen LogP contribution in [-0.2, 0) is 24.8 Å². The van der Waals surface area contributed by atoms with Crippen molar-refractivity contribution in [2.75, 3.05) is 0 Å². The number of hydrogen-bond donors (Lipinski definition) is 1. The molecule has 4 rings (SSSR count). The van der Waals surface area contributed by atoms with Crippen molar-refractivity contribution in [3.05, 3.63) is 130 Å². The fraction of sp³-hybridized carbons (Fsp3) is 0.314. The van der Waals surface area contributed by atoms with Crippen LogP contribution in [0.25, 0.3) is 0 Å². The van der Waals surface area contributed by atoms with E-state index in [1.54, 1.807) is 0 Å². The predicted octanol–water partition coefficient (Wildman–Crippen LogP) is 8.54.